The van der Waals surface area contributed by atoms with Gasteiger partial charge in [-0.15, -0.1) is 11.6 Å². The van der Waals surface area contributed by atoms with E-state index in [9.17, 15) is 9.18 Å². The second-order valence-electron chi connectivity index (χ2n) is 5.65. The Morgan fingerprint density at radius 1 is 1.35 bits per heavy atom. The van der Waals surface area contributed by atoms with E-state index in [0.717, 1.165) is 18.4 Å². The zero-order chi connectivity index (χ0) is 14.5. The van der Waals surface area contributed by atoms with Crippen LogP contribution in [0.2, 0.25) is 0 Å². The van der Waals surface area contributed by atoms with Gasteiger partial charge < -0.3 is 5.32 Å². The van der Waals surface area contributed by atoms with Crippen LogP contribution in [0.25, 0.3) is 0 Å². The standard InChI is InChI=1S/C16H21ClFNO/c1-11-6-7-14(15(18)8-11)16(20)19-10-13-5-3-2-4-12(13)9-17/h6-8,12-13H,2-5,9-10H2,1H3,(H,19,20). The van der Waals surface area contributed by atoms with Crippen LogP contribution in [0.15, 0.2) is 18.2 Å². The van der Waals surface area contributed by atoms with Crippen molar-refractivity contribution in [2.24, 2.45) is 11.8 Å². The molecular formula is C16H21ClFNO. The van der Waals surface area contributed by atoms with Gasteiger partial charge in [-0.25, -0.2) is 4.39 Å². The summed E-state index contributed by atoms with van der Waals surface area (Å²) in [5.41, 5.74) is 0.933. The van der Waals surface area contributed by atoms with Gasteiger partial charge in [0.25, 0.3) is 5.91 Å². The minimum absolute atomic E-state index is 0.119. The van der Waals surface area contributed by atoms with E-state index in [4.69, 9.17) is 11.6 Å². The molecule has 0 bridgehead atoms. The number of hydrogen-bond donors (Lipinski definition) is 1. The summed E-state index contributed by atoms with van der Waals surface area (Å²) in [7, 11) is 0. The van der Waals surface area contributed by atoms with E-state index in [-0.39, 0.29) is 11.5 Å². The van der Waals surface area contributed by atoms with Gasteiger partial charge in [0.1, 0.15) is 5.82 Å². The molecule has 0 aliphatic heterocycles. The quantitative estimate of drug-likeness (QED) is 0.839. The molecule has 4 heteroatoms. The molecule has 0 heterocycles. The Labute approximate surface area is 124 Å². The normalized spacial score (nSPS) is 22.6. The van der Waals surface area contributed by atoms with Crippen molar-refractivity contribution in [3.63, 3.8) is 0 Å². The molecular weight excluding hydrogens is 277 g/mol. The number of nitrogens with one attached hydrogen (secondary N) is 1. The number of halogens is 2. The summed E-state index contributed by atoms with van der Waals surface area (Å²) in [6.45, 7) is 2.39. The highest BCUT2D eigenvalue weighted by Crippen LogP contribution is 2.30. The van der Waals surface area contributed by atoms with E-state index < -0.39 is 5.82 Å². The van der Waals surface area contributed by atoms with Crippen LogP contribution in [0.5, 0.6) is 0 Å². The molecule has 1 aliphatic rings. The number of hydrogen-bond acceptors (Lipinski definition) is 1. The minimum Gasteiger partial charge on any atom is -0.352 e. The van der Waals surface area contributed by atoms with E-state index in [1.54, 1.807) is 19.1 Å². The third-order valence-electron chi connectivity index (χ3n) is 4.16. The van der Waals surface area contributed by atoms with Crippen molar-refractivity contribution in [1.29, 1.82) is 0 Å². The predicted octanol–water partition coefficient (Wildman–Crippen LogP) is 3.91. The molecule has 1 aromatic rings. The van der Waals surface area contributed by atoms with Crippen LogP contribution in [0, 0.1) is 24.6 Å². The molecule has 110 valence electrons. The van der Waals surface area contributed by atoms with Crippen LogP contribution in [0.1, 0.15) is 41.6 Å². The van der Waals surface area contributed by atoms with Crippen LogP contribution >= 0.6 is 11.6 Å². The van der Waals surface area contributed by atoms with Gasteiger partial charge in [0.15, 0.2) is 0 Å². The maximum Gasteiger partial charge on any atom is 0.254 e. The first-order valence-corrected chi connectivity index (χ1v) is 7.75. The molecule has 2 unspecified atom stereocenters. The molecule has 2 nitrogen and oxygen atoms in total. The monoisotopic (exact) mass is 297 g/mol. The summed E-state index contributed by atoms with van der Waals surface area (Å²) >= 11 is 5.98. The van der Waals surface area contributed by atoms with Crippen LogP contribution in [0.3, 0.4) is 0 Å². The lowest BCUT2D eigenvalue weighted by Gasteiger charge is -2.30. The molecule has 1 saturated carbocycles. The van der Waals surface area contributed by atoms with E-state index in [1.807, 2.05) is 0 Å². The predicted molar refractivity (Wildman–Crippen MR) is 79.6 cm³/mol. The number of amides is 1. The fraction of sp³-hybridized carbons (Fsp3) is 0.562. The summed E-state index contributed by atoms with van der Waals surface area (Å²) < 4.78 is 13.7. The van der Waals surface area contributed by atoms with Crippen LogP contribution < -0.4 is 5.32 Å². The second-order valence-corrected chi connectivity index (χ2v) is 5.96. The van der Waals surface area contributed by atoms with Gasteiger partial charge in [-0.05, 0) is 49.3 Å². The fourth-order valence-corrected chi connectivity index (χ4v) is 3.29. The summed E-state index contributed by atoms with van der Waals surface area (Å²) in [6.07, 6.45) is 4.62. The van der Waals surface area contributed by atoms with Gasteiger partial charge in [-0.1, -0.05) is 18.9 Å². The number of carbonyl (C=O) groups is 1. The second kappa shape index (κ2) is 7.07. The van der Waals surface area contributed by atoms with Crippen molar-refractivity contribution in [1.82, 2.24) is 5.32 Å². The number of benzene rings is 1. The number of carbonyl (C=O) groups excluding carboxylic acids is 1. The summed E-state index contributed by atoms with van der Waals surface area (Å²) in [4.78, 5) is 12.0. The Kier molecular flexibility index (Phi) is 5.41. The molecule has 2 rings (SSSR count). The van der Waals surface area contributed by atoms with E-state index >= 15 is 0 Å². The third-order valence-corrected chi connectivity index (χ3v) is 4.56. The Morgan fingerprint density at radius 3 is 2.70 bits per heavy atom. The molecule has 1 fully saturated rings. The van der Waals surface area contributed by atoms with Gasteiger partial charge in [0.05, 0.1) is 5.56 Å². The van der Waals surface area contributed by atoms with Gasteiger partial charge >= 0.3 is 0 Å². The number of alkyl halides is 1. The average Bonchev–Trinajstić information content (AvgIpc) is 2.45. The number of rotatable bonds is 4. The lowest BCUT2D eigenvalue weighted by Crippen LogP contribution is -2.35. The average molecular weight is 298 g/mol. The zero-order valence-corrected chi connectivity index (χ0v) is 12.5. The van der Waals surface area contributed by atoms with Crippen molar-refractivity contribution in [2.75, 3.05) is 12.4 Å². The SMILES string of the molecule is Cc1ccc(C(=O)NCC2CCCCC2CCl)c(F)c1. The lowest BCUT2D eigenvalue weighted by molar-refractivity contribution is 0.0932. The minimum atomic E-state index is -0.458. The highest BCUT2D eigenvalue weighted by Gasteiger charge is 2.25. The highest BCUT2D eigenvalue weighted by atomic mass is 35.5. The number of aryl methyl sites for hydroxylation is 1. The van der Waals surface area contributed by atoms with Crippen LogP contribution in [0.4, 0.5) is 4.39 Å². The first-order chi connectivity index (χ1) is 9.61. The van der Waals surface area contributed by atoms with Crippen molar-refractivity contribution < 1.29 is 9.18 Å². The highest BCUT2D eigenvalue weighted by molar-refractivity contribution is 6.18. The molecule has 0 spiro atoms. The van der Waals surface area contributed by atoms with Crippen LogP contribution in [-0.4, -0.2) is 18.3 Å². The largest absolute Gasteiger partial charge is 0.352 e. The van der Waals surface area contributed by atoms with Gasteiger partial charge in [-0.3, -0.25) is 4.79 Å². The van der Waals surface area contributed by atoms with E-state index in [2.05, 4.69) is 5.32 Å². The molecule has 2 atom stereocenters. The van der Waals surface area contributed by atoms with Crippen molar-refractivity contribution in [3.05, 3.63) is 35.1 Å². The maximum absolute atomic E-state index is 13.7. The molecule has 0 saturated heterocycles. The molecule has 0 aromatic heterocycles. The van der Waals surface area contributed by atoms with Crippen LogP contribution in [-0.2, 0) is 0 Å². The van der Waals surface area contributed by atoms with Gasteiger partial charge in [0.2, 0.25) is 0 Å². The molecule has 1 aliphatic carbocycles. The molecule has 20 heavy (non-hydrogen) atoms. The lowest BCUT2D eigenvalue weighted by atomic mass is 9.80. The first-order valence-electron chi connectivity index (χ1n) is 7.22. The molecule has 1 amide bonds. The molecule has 1 N–H and O–H groups in total. The summed E-state index contributed by atoms with van der Waals surface area (Å²) in [5, 5.41) is 2.86. The summed E-state index contributed by atoms with van der Waals surface area (Å²) in [6, 6.07) is 4.68. The molecule has 1 aromatic carbocycles. The zero-order valence-electron chi connectivity index (χ0n) is 11.8. The third kappa shape index (κ3) is 3.72. The fourth-order valence-electron chi connectivity index (χ4n) is 2.88. The molecule has 0 radical (unpaired) electrons. The smallest absolute Gasteiger partial charge is 0.254 e. The Balaban J connectivity index is 1.94. The Morgan fingerprint density at radius 2 is 2.05 bits per heavy atom. The van der Waals surface area contributed by atoms with Gasteiger partial charge in [0, 0.05) is 12.4 Å². The first kappa shape index (κ1) is 15.3. The Bertz CT molecular complexity index is 478. The van der Waals surface area contributed by atoms with Crippen molar-refractivity contribution >= 4 is 17.5 Å². The van der Waals surface area contributed by atoms with Gasteiger partial charge in [-0.2, -0.15) is 0 Å². The maximum atomic E-state index is 13.7. The topological polar surface area (TPSA) is 29.1 Å². The van der Waals surface area contributed by atoms with E-state index in [1.165, 1.54) is 18.9 Å². The van der Waals surface area contributed by atoms with Crippen molar-refractivity contribution in [3.8, 4) is 0 Å². The summed E-state index contributed by atoms with van der Waals surface area (Å²) in [5.74, 6) is 0.730. The van der Waals surface area contributed by atoms with Crippen molar-refractivity contribution in [2.45, 2.75) is 32.6 Å². The Hall–Kier alpha value is -1.09. The van der Waals surface area contributed by atoms with E-state index in [0.29, 0.717) is 24.3 Å².